The van der Waals surface area contributed by atoms with E-state index in [4.69, 9.17) is 0 Å². The minimum absolute atomic E-state index is 0.0791. The molecule has 2 aromatic rings. The number of oxime groups is 1. The number of ether oxygens (including phenoxy) is 1. The van der Waals surface area contributed by atoms with Crippen molar-refractivity contribution in [3.63, 3.8) is 0 Å². The highest BCUT2D eigenvalue weighted by Crippen LogP contribution is 2.27. The highest BCUT2D eigenvalue weighted by Gasteiger charge is 2.12. The first-order valence-corrected chi connectivity index (χ1v) is 8.26. The Bertz CT molecular complexity index is 770. The third-order valence-electron chi connectivity index (χ3n) is 3.03. The Labute approximate surface area is 150 Å². The molecule has 2 aromatic carbocycles. The lowest BCUT2D eigenvalue weighted by Crippen LogP contribution is -2.14. The second-order valence-corrected chi connectivity index (χ2v) is 6.03. The Morgan fingerprint density at radius 2 is 1.72 bits per heavy atom. The summed E-state index contributed by atoms with van der Waals surface area (Å²) in [5.74, 6) is -1.02. The van der Waals surface area contributed by atoms with Gasteiger partial charge in [0.1, 0.15) is 5.71 Å². The van der Waals surface area contributed by atoms with E-state index in [0.29, 0.717) is 5.56 Å². The molecule has 25 heavy (non-hydrogen) atoms. The molecule has 0 aliphatic carbocycles. The summed E-state index contributed by atoms with van der Waals surface area (Å²) in [4.78, 5) is 30.3. The Hall–Kier alpha value is -2.86. The first-order chi connectivity index (χ1) is 12.1. The maximum Gasteiger partial charge on any atom is 0.371 e. The molecule has 0 aliphatic heterocycles. The summed E-state index contributed by atoms with van der Waals surface area (Å²) in [6, 6.07) is 17.1. The molecule has 0 bridgehead atoms. The minimum Gasteiger partial charge on any atom is -0.490 e. The van der Waals surface area contributed by atoms with Gasteiger partial charge in [0.25, 0.3) is 0 Å². The molecule has 0 unspecified atom stereocenters. The quantitative estimate of drug-likeness (QED) is 0.234. The van der Waals surface area contributed by atoms with Gasteiger partial charge in [0.15, 0.2) is 6.61 Å². The molecule has 0 atom stereocenters. The number of benzene rings is 2. The third kappa shape index (κ3) is 5.93. The van der Waals surface area contributed by atoms with Crippen LogP contribution in [0.3, 0.4) is 0 Å². The van der Waals surface area contributed by atoms with Crippen LogP contribution in [0.2, 0.25) is 0 Å². The van der Waals surface area contributed by atoms with Crippen molar-refractivity contribution in [3.8, 4) is 0 Å². The Morgan fingerprint density at radius 3 is 2.36 bits per heavy atom. The first-order valence-electron chi connectivity index (χ1n) is 7.45. The molecule has 0 amide bonds. The zero-order valence-corrected chi connectivity index (χ0v) is 14.5. The molecule has 0 N–H and O–H groups in total. The second kappa shape index (κ2) is 9.44. The number of hydrogen-bond donors (Lipinski definition) is 0. The number of nitrogens with zero attached hydrogens (tertiary/aromatic N) is 1. The summed E-state index contributed by atoms with van der Waals surface area (Å²) in [6.45, 7) is 4.48. The highest BCUT2D eigenvalue weighted by molar-refractivity contribution is 7.99. The summed E-state index contributed by atoms with van der Waals surface area (Å²) >= 11 is 1.61. The SMILES string of the molecule is C=COCC(=O)O/N=C(\C)C(=O)c1ccc(Sc2ccccc2)cc1. The van der Waals surface area contributed by atoms with E-state index >= 15 is 0 Å². The van der Waals surface area contributed by atoms with E-state index in [9.17, 15) is 9.59 Å². The number of carbonyl (C=O) groups is 2. The molecular weight excluding hydrogens is 338 g/mol. The lowest BCUT2D eigenvalue weighted by Gasteiger charge is -2.04. The maximum absolute atomic E-state index is 12.3. The smallest absolute Gasteiger partial charge is 0.371 e. The lowest BCUT2D eigenvalue weighted by molar-refractivity contribution is -0.147. The van der Waals surface area contributed by atoms with Crippen LogP contribution in [0, 0.1) is 0 Å². The van der Waals surface area contributed by atoms with Gasteiger partial charge in [0.2, 0.25) is 5.78 Å². The van der Waals surface area contributed by atoms with Crippen LogP contribution in [0.4, 0.5) is 0 Å². The van der Waals surface area contributed by atoms with Gasteiger partial charge in [-0.25, -0.2) is 4.79 Å². The molecule has 0 saturated carbocycles. The molecular formula is C19H17NO4S. The predicted molar refractivity (Wildman–Crippen MR) is 96.7 cm³/mol. The molecule has 128 valence electrons. The van der Waals surface area contributed by atoms with Crippen molar-refractivity contribution < 1.29 is 19.2 Å². The summed E-state index contributed by atoms with van der Waals surface area (Å²) in [5.41, 5.74) is 0.549. The summed E-state index contributed by atoms with van der Waals surface area (Å²) < 4.78 is 4.67. The molecule has 0 fully saturated rings. The van der Waals surface area contributed by atoms with E-state index in [1.54, 1.807) is 23.9 Å². The highest BCUT2D eigenvalue weighted by atomic mass is 32.2. The number of Topliss-reactive ketones (excluding diaryl/α,β-unsaturated/α-hetero) is 1. The summed E-state index contributed by atoms with van der Waals surface area (Å²) in [7, 11) is 0. The standard InChI is InChI=1S/C19H17NO4S/c1-3-23-13-18(21)24-20-14(2)19(22)15-9-11-17(12-10-15)25-16-7-5-4-6-8-16/h3-12H,1,13H2,2H3/b20-14+. The van der Waals surface area contributed by atoms with Gasteiger partial charge < -0.3 is 9.57 Å². The fourth-order valence-corrected chi connectivity index (χ4v) is 2.66. The van der Waals surface area contributed by atoms with Crippen LogP contribution in [0.1, 0.15) is 17.3 Å². The fraction of sp³-hybridized carbons (Fsp3) is 0.105. The molecule has 6 heteroatoms. The van der Waals surface area contributed by atoms with Gasteiger partial charge in [-0.2, -0.15) is 0 Å². The van der Waals surface area contributed by atoms with E-state index in [1.807, 2.05) is 42.5 Å². The van der Waals surface area contributed by atoms with Gasteiger partial charge in [0, 0.05) is 15.4 Å². The van der Waals surface area contributed by atoms with Crippen molar-refractivity contribution >= 4 is 29.2 Å². The van der Waals surface area contributed by atoms with Crippen LogP contribution >= 0.6 is 11.8 Å². The lowest BCUT2D eigenvalue weighted by atomic mass is 10.1. The monoisotopic (exact) mass is 355 g/mol. The number of rotatable bonds is 8. The van der Waals surface area contributed by atoms with Crippen LogP contribution in [-0.2, 0) is 14.4 Å². The van der Waals surface area contributed by atoms with Crippen molar-refractivity contribution in [3.05, 3.63) is 73.0 Å². The largest absolute Gasteiger partial charge is 0.490 e. The van der Waals surface area contributed by atoms with E-state index in [2.05, 4.69) is 21.3 Å². The molecule has 0 spiro atoms. The molecule has 0 aromatic heterocycles. The Balaban J connectivity index is 1.97. The minimum atomic E-state index is -0.707. The van der Waals surface area contributed by atoms with Crippen molar-refractivity contribution in [1.29, 1.82) is 0 Å². The van der Waals surface area contributed by atoms with Crippen molar-refractivity contribution in [2.75, 3.05) is 6.61 Å². The predicted octanol–water partition coefficient (Wildman–Crippen LogP) is 4.10. The molecule has 0 saturated heterocycles. The molecule has 0 aliphatic rings. The normalized spacial score (nSPS) is 10.8. The maximum atomic E-state index is 12.3. The zero-order chi connectivity index (χ0) is 18.1. The van der Waals surface area contributed by atoms with E-state index in [1.165, 1.54) is 6.92 Å². The number of hydrogen-bond acceptors (Lipinski definition) is 6. The van der Waals surface area contributed by atoms with E-state index in [0.717, 1.165) is 16.1 Å². The van der Waals surface area contributed by atoms with Gasteiger partial charge in [0.05, 0.1) is 6.26 Å². The van der Waals surface area contributed by atoms with E-state index in [-0.39, 0.29) is 18.1 Å². The van der Waals surface area contributed by atoms with Crippen molar-refractivity contribution in [2.45, 2.75) is 16.7 Å². The average Bonchev–Trinajstić information content (AvgIpc) is 2.65. The van der Waals surface area contributed by atoms with Crippen LogP contribution < -0.4 is 0 Å². The van der Waals surface area contributed by atoms with Gasteiger partial charge in [-0.3, -0.25) is 4.79 Å². The Morgan fingerprint density at radius 1 is 1.08 bits per heavy atom. The molecule has 2 rings (SSSR count). The fourth-order valence-electron chi connectivity index (χ4n) is 1.82. The third-order valence-corrected chi connectivity index (χ3v) is 4.04. The van der Waals surface area contributed by atoms with E-state index < -0.39 is 5.97 Å². The van der Waals surface area contributed by atoms with Crippen LogP contribution in [-0.4, -0.2) is 24.1 Å². The van der Waals surface area contributed by atoms with Crippen LogP contribution in [0.15, 0.2) is 82.4 Å². The Kier molecular flexibility index (Phi) is 6.98. The number of ketones is 1. The molecule has 5 nitrogen and oxygen atoms in total. The number of carbonyl (C=O) groups excluding carboxylic acids is 2. The summed E-state index contributed by atoms with van der Waals surface area (Å²) in [6.07, 6.45) is 1.12. The van der Waals surface area contributed by atoms with Gasteiger partial charge in [-0.15, -0.1) is 0 Å². The topological polar surface area (TPSA) is 65.0 Å². The second-order valence-electron chi connectivity index (χ2n) is 4.89. The van der Waals surface area contributed by atoms with Crippen LogP contribution in [0.5, 0.6) is 0 Å². The van der Waals surface area contributed by atoms with Crippen molar-refractivity contribution in [1.82, 2.24) is 0 Å². The average molecular weight is 355 g/mol. The molecule has 0 heterocycles. The van der Waals surface area contributed by atoms with Gasteiger partial charge in [-0.05, 0) is 43.3 Å². The molecule has 0 radical (unpaired) electrons. The van der Waals surface area contributed by atoms with Gasteiger partial charge >= 0.3 is 5.97 Å². The zero-order valence-electron chi connectivity index (χ0n) is 13.7. The van der Waals surface area contributed by atoms with Crippen molar-refractivity contribution in [2.24, 2.45) is 5.16 Å². The van der Waals surface area contributed by atoms with Gasteiger partial charge in [-0.1, -0.05) is 41.7 Å². The first kappa shape index (κ1) is 18.5. The van der Waals surface area contributed by atoms with Crippen LogP contribution in [0.25, 0.3) is 0 Å². The summed E-state index contributed by atoms with van der Waals surface area (Å²) in [5, 5.41) is 3.54.